The lowest BCUT2D eigenvalue weighted by Crippen LogP contribution is -2.29. The van der Waals surface area contributed by atoms with Crippen LogP contribution in [0.3, 0.4) is 0 Å². The number of carbonyl (C=O) groups excluding carboxylic acids is 3. The number of hydrogen-bond acceptors (Lipinski definition) is 7. The number of aromatic amines is 1. The number of allylic oxidation sites excluding steroid dienone is 1. The van der Waals surface area contributed by atoms with Crippen LogP contribution in [0.15, 0.2) is 78.6 Å². The number of nitriles is 1. The number of carbonyl (C=O) groups is 3. The quantitative estimate of drug-likeness (QED) is 0.197. The summed E-state index contributed by atoms with van der Waals surface area (Å²) in [5, 5.41) is 19.8. The number of amides is 2. The van der Waals surface area contributed by atoms with Gasteiger partial charge in [-0.2, -0.15) is 5.26 Å². The Bertz CT molecular complexity index is 1510. The molecule has 3 aromatic carbocycles. The molecule has 0 saturated carbocycles. The minimum atomic E-state index is -0.757. The normalized spacial score (nSPS) is 13.4. The summed E-state index contributed by atoms with van der Waals surface area (Å²) in [6, 6.07) is 21.3. The Morgan fingerprint density at radius 3 is 2.23 bits per heavy atom. The molecule has 9 heteroatoms. The maximum Gasteiger partial charge on any atom is 0.338 e. The van der Waals surface area contributed by atoms with Gasteiger partial charge in [-0.15, -0.1) is 0 Å². The molecule has 1 aliphatic heterocycles. The molecule has 1 aliphatic rings. The van der Waals surface area contributed by atoms with Crippen LogP contribution in [-0.4, -0.2) is 39.5 Å². The van der Waals surface area contributed by atoms with E-state index in [1.165, 1.54) is 24.3 Å². The predicted octanol–water partition coefficient (Wildman–Crippen LogP) is 4.01. The molecule has 0 atom stereocenters. The molecule has 0 unspecified atom stereocenters. The highest BCUT2D eigenvalue weighted by Crippen LogP contribution is 2.28. The number of H-pyrrole nitrogens is 1. The van der Waals surface area contributed by atoms with Gasteiger partial charge in [0.15, 0.2) is 11.6 Å². The van der Waals surface area contributed by atoms with Crippen molar-refractivity contribution in [2.24, 2.45) is 0 Å². The second-order valence-corrected chi connectivity index (χ2v) is 7.65. The summed E-state index contributed by atoms with van der Waals surface area (Å²) >= 11 is 0. The Labute approximate surface area is 198 Å². The number of benzene rings is 3. The fourth-order valence-electron chi connectivity index (χ4n) is 3.79. The van der Waals surface area contributed by atoms with Gasteiger partial charge in [0.1, 0.15) is 18.2 Å². The first-order chi connectivity index (χ1) is 17.0. The summed E-state index contributed by atoms with van der Waals surface area (Å²) in [5.74, 6) is -1.93. The minimum absolute atomic E-state index is 0.139. The number of aromatic nitrogens is 2. The molecule has 4 aromatic rings. The lowest BCUT2D eigenvalue weighted by molar-refractivity contribution is 0.0502. The van der Waals surface area contributed by atoms with E-state index < -0.39 is 30.1 Å². The highest BCUT2D eigenvalue weighted by atomic mass is 16.5. The smallest absolute Gasteiger partial charge is 0.338 e. The van der Waals surface area contributed by atoms with E-state index in [9.17, 15) is 24.8 Å². The topological polar surface area (TPSA) is 136 Å². The molecule has 9 nitrogen and oxygen atoms in total. The molecule has 1 aromatic heterocycles. The summed E-state index contributed by atoms with van der Waals surface area (Å²) in [5.41, 5.74) is 2.26. The molecule has 0 radical (unpaired) electrons. The summed E-state index contributed by atoms with van der Waals surface area (Å²) in [4.78, 5) is 46.0. The number of nitrogens with zero attached hydrogens (tertiary/aromatic N) is 3. The number of imide groups is 1. The van der Waals surface area contributed by atoms with Crippen LogP contribution in [0.5, 0.6) is 0 Å². The first-order valence-electron chi connectivity index (χ1n) is 10.5. The van der Waals surface area contributed by atoms with Crippen molar-refractivity contribution < 1.29 is 24.2 Å². The van der Waals surface area contributed by atoms with E-state index in [-0.39, 0.29) is 17.0 Å². The first-order valence-corrected chi connectivity index (χ1v) is 10.5. The van der Waals surface area contributed by atoms with Gasteiger partial charge in [-0.05, 0) is 48.5 Å². The third kappa shape index (κ3) is 3.79. The summed E-state index contributed by atoms with van der Waals surface area (Å²) < 4.78 is 5.14. The maximum absolute atomic E-state index is 12.6. The lowest BCUT2D eigenvalue weighted by atomic mass is 10.1. The van der Waals surface area contributed by atoms with Crippen molar-refractivity contribution >= 4 is 40.1 Å². The van der Waals surface area contributed by atoms with Crippen molar-refractivity contribution in [1.82, 2.24) is 9.97 Å². The average molecular weight is 464 g/mol. The molecular formula is C26H16N4O5. The number of aliphatic hydroxyl groups is 1. The summed E-state index contributed by atoms with van der Waals surface area (Å²) in [7, 11) is 0. The van der Waals surface area contributed by atoms with Gasteiger partial charge >= 0.3 is 5.97 Å². The van der Waals surface area contributed by atoms with Crippen molar-refractivity contribution in [2.45, 2.75) is 0 Å². The second kappa shape index (κ2) is 8.61. The van der Waals surface area contributed by atoms with E-state index in [2.05, 4.69) is 9.97 Å². The Hall–Kier alpha value is -5.23. The van der Waals surface area contributed by atoms with Crippen molar-refractivity contribution in [3.8, 4) is 6.07 Å². The number of anilines is 1. The third-order valence-electron chi connectivity index (χ3n) is 5.52. The highest BCUT2D eigenvalue weighted by Gasteiger charge is 2.36. The number of hydrogen-bond donors (Lipinski definition) is 2. The van der Waals surface area contributed by atoms with Crippen LogP contribution in [0.2, 0.25) is 0 Å². The van der Waals surface area contributed by atoms with Gasteiger partial charge in [0.2, 0.25) is 0 Å². The van der Waals surface area contributed by atoms with Crippen molar-refractivity contribution in [3.05, 3.63) is 101 Å². The van der Waals surface area contributed by atoms with Crippen LogP contribution in [0, 0.1) is 11.3 Å². The zero-order valence-corrected chi connectivity index (χ0v) is 18.1. The van der Waals surface area contributed by atoms with Crippen molar-refractivity contribution in [2.75, 3.05) is 11.5 Å². The van der Waals surface area contributed by atoms with Gasteiger partial charge in [0.05, 0.1) is 33.4 Å². The van der Waals surface area contributed by atoms with E-state index in [0.717, 1.165) is 4.90 Å². The van der Waals surface area contributed by atoms with Crippen LogP contribution >= 0.6 is 0 Å². The molecule has 0 bridgehead atoms. The van der Waals surface area contributed by atoms with E-state index in [0.29, 0.717) is 27.8 Å². The van der Waals surface area contributed by atoms with Crippen molar-refractivity contribution in [3.63, 3.8) is 0 Å². The molecule has 2 N–H and O–H groups in total. The fraction of sp³-hybridized carbons (Fsp3) is 0.0385. The van der Waals surface area contributed by atoms with Gasteiger partial charge in [-0.1, -0.05) is 24.3 Å². The Kier molecular flexibility index (Phi) is 5.31. The second-order valence-electron chi connectivity index (χ2n) is 7.65. The molecule has 5 rings (SSSR count). The minimum Gasteiger partial charge on any atom is -0.507 e. The van der Waals surface area contributed by atoms with Crippen LogP contribution in [0.4, 0.5) is 5.69 Å². The molecule has 0 saturated heterocycles. The molecular weight excluding hydrogens is 448 g/mol. The maximum atomic E-state index is 12.6. The molecule has 0 spiro atoms. The molecule has 2 amide bonds. The van der Waals surface area contributed by atoms with Gasteiger partial charge < -0.3 is 14.8 Å². The van der Waals surface area contributed by atoms with Gasteiger partial charge in [-0.3, -0.25) is 9.59 Å². The zero-order valence-electron chi connectivity index (χ0n) is 18.1. The standard InChI is InChI=1S/C26H16N4O5/c27-13-19(23-28-20-7-3-4-8-21(20)29-23)22(31)14-35-26(34)15-9-11-16(12-10-15)30-24(32)17-5-1-2-6-18(17)25(30)33/h1-12,31H,14H2,(H,28,29)/b22-19+. The first kappa shape index (κ1) is 21.6. The largest absolute Gasteiger partial charge is 0.507 e. The Morgan fingerprint density at radius 2 is 1.60 bits per heavy atom. The lowest BCUT2D eigenvalue weighted by Gasteiger charge is -2.14. The van der Waals surface area contributed by atoms with E-state index in [4.69, 9.17) is 4.74 Å². The highest BCUT2D eigenvalue weighted by molar-refractivity contribution is 6.34. The van der Waals surface area contributed by atoms with Gasteiger partial charge in [-0.25, -0.2) is 14.7 Å². The molecule has 0 fully saturated rings. The monoisotopic (exact) mass is 464 g/mol. The number of esters is 1. The number of aliphatic hydroxyl groups excluding tert-OH is 1. The fourth-order valence-corrected chi connectivity index (χ4v) is 3.79. The van der Waals surface area contributed by atoms with E-state index in [1.54, 1.807) is 48.5 Å². The molecule has 170 valence electrons. The van der Waals surface area contributed by atoms with E-state index in [1.807, 2.05) is 6.07 Å². The van der Waals surface area contributed by atoms with E-state index >= 15 is 0 Å². The number of nitrogens with one attached hydrogen (secondary N) is 1. The number of ether oxygens (including phenoxy) is 1. The number of para-hydroxylation sites is 2. The molecule has 0 aliphatic carbocycles. The van der Waals surface area contributed by atoms with Crippen LogP contribution in [0.25, 0.3) is 16.6 Å². The average Bonchev–Trinajstić information content (AvgIpc) is 3.42. The number of fused-ring (bicyclic) bond motifs is 2. The summed E-state index contributed by atoms with van der Waals surface area (Å²) in [6.45, 7) is -0.543. The van der Waals surface area contributed by atoms with Crippen LogP contribution in [-0.2, 0) is 4.74 Å². The van der Waals surface area contributed by atoms with Crippen molar-refractivity contribution in [1.29, 1.82) is 5.26 Å². The number of imidazole rings is 1. The molecule has 35 heavy (non-hydrogen) atoms. The van der Waals surface area contributed by atoms with Crippen LogP contribution in [0.1, 0.15) is 36.9 Å². The van der Waals surface area contributed by atoms with Crippen LogP contribution < -0.4 is 4.90 Å². The predicted molar refractivity (Wildman–Crippen MR) is 126 cm³/mol. The Morgan fingerprint density at radius 1 is 0.971 bits per heavy atom. The third-order valence-corrected chi connectivity index (χ3v) is 5.52. The Balaban J connectivity index is 1.29. The van der Waals surface area contributed by atoms with Gasteiger partial charge in [0, 0.05) is 0 Å². The SMILES string of the molecule is N#C/C(=C(\O)COC(=O)c1ccc(N2C(=O)c3ccccc3C2=O)cc1)c1nc2ccccc2[nH]1. The van der Waals surface area contributed by atoms with Gasteiger partial charge in [0.25, 0.3) is 11.8 Å². The number of rotatable bonds is 5. The zero-order chi connectivity index (χ0) is 24.5. The summed E-state index contributed by atoms with van der Waals surface area (Å²) in [6.07, 6.45) is 0. The molecule has 2 heterocycles.